The molecule has 15 heavy (non-hydrogen) atoms. The van der Waals surface area contributed by atoms with Crippen molar-refractivity contribution in [2.24, 2.45) is 11.3 Å². The first-order valence-electron chi connectivity index (χ1n) is 5.86. The summed E-state index contributed by atoms with van der Waals surface area (Å²) in [6, 6.07) is 4.43. The van der Waals surface area contributed by atoms with E-state index in [4.69, 9.17) is 4.42 Å². The molecular weight excluding hydrogens is 186 g/mol. The van der Waals surface area contributed by atoms with Gasteiger partial charge in [0.2, 0.25) is 0 Å². The van der Waals surface area contributed by atoms with Crippen molar-refractivity contribution >= 4 is 0 Å². The van der Waals surface area contributed by atoms with Gasteiger partial charge in [-0.15, -0.1) is 0 Å². The van der Waals surface area contributed by atoms with E-state index in [0.29, 0.717) is 17.4 Å². The minimum Gasteiger partial charge on any atom is -0.468 e. The molecule has 2 atom stereocenters. The first-order valence-corrected chi connectivity index (χ1v) is 5.86. The number of hydrogen-bond donors (Lipinski definition) is 1. The van der Waals surface area contributed by atoms with Crippen molar-refractivity contribution in [3.8, 4) is 0 Å². The lowest BCUT2D eigenvalue weighted by Gasteiger charge is -2.32. The quantitative estimate of drug-likeness (QED) is 0.822. The Morgan fingerprint density at radius 2 is 2.33 bits per heavy atom. The first-order chi connectivity index (χ1) is 7.15. The van der Waals surface area contributed by atoms with E-state index >= 15 is 0 Å². The predicted octanol–water partition coefficient (Wildman–Crippen LogP) is 3.37. The third-order valence-corrected chi connectivity index (χ3v) is 3.90. The molecule has 0 saturated heterocycles. The minimum absolute atomic E-state index is 0.373. The number of rotatable bonds is 3. The molecule has 0 spiro atoms. The van der Waals surface area contributed by atoms with Gasteiger partial charge in [0.25, 0.3) is 0 Å². The van der Waals surface area contributed by atoms with Crippen LogP contribution in [-0.4, -0.2) is 7.05 Å². The smallest absolute Gasteiger partial charge is 0.120 e. The number of nitrogens with one attached hydrogen (secondary N) is 1. The van der Waals surface area contributed by atoms with E-state index in [1.165, 1.54) is 19.3 Å². The van der Waals surface area contributed by atoms with Crippen molar-refractivity contribution in [3.05, 3.63) is 24.2 Å². The molecular formula is C13H21NO. The van der Waals surface area contributed by atoms with E-state index in [0.717, 1.165) is 5.76 Å². The van der Waals surface area contributed by atoms with Crippen LogP contribution < -0.4 is 5.32 Å². The fraction of sp³-hybridized carbons (Fsp3) is 0.692. The second-order valence-corrected chi connectivity index (χ2v) is 5.27. The summed E-state index contributed by atoms with van der Waals surface area (Å²) in [5, 5.41) is 3.41. The number of furan rings is 1. The molecule has 0 aliphatic heterocycles. The highest BCUT2D eigenvalue weighted by atomic mass is 16.3. The number of hydrogen-bond acceptors (Lipinski definition) is 2. The molecule has 1 aliphatic rings. The van der Waals surface area contributed by atoms with Crippen LogP contribution in [-0.2, 0) is 0 Å². The van der Waals surface area contributed by atoms with Crippen LogP contribution in [0, 0.1) is 11.3 Å². The molecule has 1 saturated carbocycles. The Kier molecular flexibility index (Phi) is 2.87. The van der Waals surface area contributed by atoms with Gasteiger partial charge in [-0.2, -0.15) is 0 Å². The average molecular weight is 207 g/mol. The molecule has 0 radical (unpaired) electrons. The largest absolute Gasteiger partial charge is 0.468 e. The summed E-state index contributed by atoms with van der Waals surface area (Å²) >= 11 is 0. The topological polar surface area (TPSA) is 25.2 Å². The van der Waals surface area contributed by atoms with Crippen molar-refractivity contribution in [3.63, 3.8) is 0 Å². The van der Waals surface area contributed by atoms with Crippen molar-refractivity contribution in [1.82, 2.24) is 5.32 Å². The fourth-order valence-corrected chi connectivity index (χ4v) is 2.98. The van der Waals surface area contributed by atoms with E-state index in [-0.39, 0.29) is 0 Å². The van der Waals surface area contributed by atoms with Crippen molar-refractivity contribution in [2.75, 3.05) is 7.05 Å². The molecule has 2 rings (SSSR count). The molecule has 1 N–H and O–H groups in total. The van der Waals surface area contributed by atoms with Gasteiger partial charge in [0, 0.05) is 0 Å². The summed E-state index contributed by atoms with van der Waals surface area (Å²) in [6.07, 6.45) is 5.74. The third kappa shape index (κ3) is 1.96. The lowest BCUT2D eigenvalue weighted by Crippen LogP contribution is -2.31. The normalized spacial score (nSPS) is 26.7. The van der Waals surface area contributed by atoms with Gasteiger partial charge in [0.05, 0.1) is 12.3 Å². The van der Waals surface area contributed by atoms with Gasteiger partial charge in [-0.3, -0.25) is 0 Å². The second-order valence-electron chi connectivity index (χ2n) is 5.27. The van der Waals surface area contributed by atoms with E-state index in [1.54, 1.807) is 6.26 Å². The lowest BCUT2D eigenvalue weighted by atomic mass is 9.77. The Bertz CT molecular complexity index is 302. The van der Waals surface area contributed by atoms with Crippen molar-refractivity contribution < 1.29 is 4.42 Å². The Morgan fingerprint density at radius 3 is 2.80 bits per heavy atom. The minimum atomic E-state index is 0.373. The molecule has 0 bridgehead atoms. The molecule has 2 unspecified atom stereocenters. The summed E-state index contributed by atoms with van der Waals surface area (Å²) in [7, 11) is 2.03. The van der Waals surface area contributed by atoms with Gasteiger partial charge in [-0.1, -0.05) is 20.3 Å². The van der Waals surface area contributed by atoms with Gasteiger partial charge in [-0.05, 0) is 43.4 Å². The maximum absolute atomic E-state index is 5.53. The Morgan fingerprint density at radius 1 is 1.53 bits per heavy atom. The van der Waals surface area contributed by atoms with E-state index in [9.17, 15) is 0 Å². The van der Waals surface area contributed by atoms with E-state index in [2.05, 4.69) is 25.2 Å². The van der Waals surface area contributed by atoms with Gasteiger partial charge >= 0.3 is 0 Å². The molecule has 1 fully saturated rings. The van der Waals surface area contributed by atoms with Gasteiger partial charge in [0.15, 0.2) is 0 Å². The SMILES string of the molecule is CNC(c1ccco1)C1CCCC1(C)C. The Balaban J connectivity index is 2.20. The highest BCUT2D eigenvalue weighted by Crippen LogP contribution is 2.48. The average Bonchev–Trinajstić information content (AvgIpc) is 2.78. The molecule has 84 valence electrons. The molecule has 1 aliphatic carbocycles. The van der Waals surface area contributed by atoms with E-state index < -0.39 is 0 Å². The van der Waals surface area contributed by atoms with Crippen molar-refractivity contribution in [1.29, 1.82) is 0 Å². The third-order valence-electron chi connectivity index (χ3n) is 3.90. The van der Waals surface area contributed by atoms with Crippen LogP contribution in [0.4, 0.5) is 0 Å². The summed E-state index contributed by atoms with van der Waals surface area (Å²) in [5.41, 5.74) is 0.431. The predicted molar refractivity (Wildman–Crippen MR) is 61.6 cm³/mol. The maximum atomic E-state index is 5.53. The van der Waals surface area contributed by atoms with Crippen molar-refractivity contribution in [2.45, 2.75) is 39.2 Å². The van der Waals surface area contributed by atoms with Crippen LogP contribution in [0.2, 0.25) is 0 Å². The second kappa shape index (κ2) is 4.01. The molecule has 0 amide bonds. The Hall–Kier alpha value is -0.760. The summed E-state index contributed by atoms with van der Waals surface area (Å²) in [6.45, 7) is 4.75. The molecule has 0 aromatic carbocycles. The molecule has 2 nitrogen and oxygen atoms in total. The van der Waals surface area contributed by atoms with Crippen LogP contribution in [0.3, 0.4) is 0 Å². The van der Waals surface area contributed by atoms with Crippen LogP contribution in [0.15, 0.2) is 22.8 Å². The van der Waals surface area contributed by atoms with Gasteiger partial charge in [0.1, 0.15) is 5.76 Å². The summed E-state index contributed by atoms with van der Waals surface area (Å²) in [5.74, 6) is 1.77. The van der Waals surface area contributed by atoms with Crippen LogP contribution in [0.1, 0.15) is 44.9 Å². The standard InChI is InChI=1S/C13H21NO/c1-13(2)8-4-6-10(13)12(14-3)11-7-5-9-15-11/h5,7,9-10,12,14H,4,6,8H2,1-3H3. The zero-order valence-corrected chi connectivity index (χ0v) is 9.92. The molecule has 1 aromatic rings. The zero-order chi connectivity index (χ0) is 10.9. The molecule has 2 heteroatoms. The first kappa shape index (κ1) is 10.7. The highest BCUT2D eigenvalue weighted by molar-refractivity contribution is 5.08. The maximum Gasteiger partial charge on any atom is 0.120 e. The van der Waals surface area contributed by atoms with Gasteiger partial charge < -0.3 is 9.73 Å². The molecule has 1 heterocycles. The van der Waals surface area contributed by atoms with Crippen LogP contribution in [0.25, 0.3) is 0 Å². The highest BCUT2D eigenvalue weighted by Gasteiger charge is 2.40. The molecule has 1 aromatic heterocycles. The monoisotopic (exact) mass is 207 g/mol. The van der Waals surface area contributed by atoms with Gasteiger partial charge in [-0.25, -0.2) is 0 Å². The van der Waals surface area contributed by atoms with E-state index in [1.807, 2.05) is 13.1 Å². The Labute approximate surface area is 92.1 Å². The zero-order valence-electron chi connectivity index (χ0n) is 9.92. The summed E-state index contributed by atoms with van der Waals surface area (Å²) in [4.78, 5) is 0. The fourth-order valence-electron chi connectivity index (χ4n) is 2.98. The lowest BCUT2D eigenvalue weighted by molar-refractivity contribution is 0.187. The summed E-state index contributed by atoms with van der Waals surface area (Å²) < 4.78 is 5.53. The van der Waals surface area contributed by atoms with Crippen LogP contribution >= 0.6 is 0 Å². The van der Waals surface area contributed by atoms with Crippen LogP contribution in [0.5, 0.6) is 0 Å².